The first-order valence-electron chi connectivity index (χ1n) is 2.73. The van der Waals surface area contributed by atoms with Crippen LogP contribution in [0.1, 0.15) is 12.8 Å². The number of aliphatic hydroxyl groups is 1. The molecule has 0 heterocycles. The molecule has 0 amide bonds. The first-order valence-corrected chi connectivity index (χ1v) is 3.10. The van der Waals surface area contributed by atoms with Crippen LogP contribution >= 0.6 is 11.6 Å². The monoisotopic (exact) mass is 182 g/mol. The largest absolute Gasteiger partial charge is 0.481 e. The van der Waals surface area contributed by atoms with E-state index in [1.807, 2.05) is 0 Å². The highest BCUT2D eigenvalue weighted by atomic mass is 35.5. The molecule has 0 aliphatic rings. The van der Waals surface area contributed by atoms with Crippen LogP contribution in [0.3, 0.4) is 0 Å². The third-order valence-corrected chi connectivity index (χ3v) is 1.35. The number of hydrogen-bond donors (Lipinski definition) is 3. The smallest absolute Gasteiger partial charge is 0.351 e. The van der Waals surface area contributed by atoms with Crippen molar-refractivity contribution in [2.45, 2.75) is 17.9 Å². The van der Waals surface area contributed by atoms with E-state index in [-0.39, 0.29) is 0 Å². The Morgan fingerprint density at radius 3 is 2.09 bits per heavy atom. The minimum Gasteiger partial charge on any atom is -0.481 e. The van der Waals surface area contributed by atoms with Gasteiger partial charge in [0, 0.05) is 12.8 Å². The summed E-state index contributed by atoms with van der Waals surface area (Å²) in [5.41, 5.74) is 0. The van der Waals surface area contributed by atoms with E-state index in [1.165, 1.54) is 0 Å². The van der Waals surface area contributed by atoms with Gasteiger partial charge in [-0.3, -0.25) is 4.79 Å². The first kappa shape index (κ1) is 10.2. The molecule has 0 fully saturated rings. The van der Waals surface area contributed by atoms with Gasteiger partial charge < -0.3 is 15.3 Å². The molecular weight excluding hydrogens is 176 g/mol. The van der Waals surface area contributed by atoms with Gasteiger partial charge in [0.15, 0.2) is 0 Å². The summed E-state index contributed by atoms with van der Waals surface area (Å²) in [6.07, 6.45) is -0.995. The Kier molecular flexibility index (Phi) is 3.28. The molecule has 0 aromatic carbocycles. The molecule has 0 aliphatic heterocycles. The lowest BCUT2D eigenvalue weighted by Gasteiger charge is -2.12. The van der Waals surface area contributed by atoms with Gasteiger partial charge in [-0.25, -0.2) is 4.79 Å². The SMILES string of the molecule is O=C(O)CCC(O)(Cl)C(=O)O. The lowest BCUT2D eigenvalue weighted by Crippen LogP contribution is -2.32. The second kappa shape index (κ2) is 3.54. The molecule has 5 nitrogen and oxygen atoms in total. The van der Waals surface area contributed by atoms with Crippen molar-refractivity contribution in [2.75, 3.05) is 0 Å². The average Bonchev–Trinajstić information content (AvgIpc) is 1.84. The molecule has 11 heavy (non-hydrogen) atoms. The molecule has 0 saturated carbocycles. The van der Waals surface area contributed by atoms with E-state index in [4.69, 9.17) is 26.9 Å². The molecule has 0 aromatic rings. The third-order valence-electron chi connectivity index (χ3n) is 0.998. The van der Waals surface area contributed by atoms with Gasteiger partial charge in [0.05, 0.1) is 0 Å². The maximum Gasteiger partial charge on any atom is 0.351 e. The molecule has 0 saturated heterocycles. The van der Waals surface area contributed by atoms with Crippen LogP contribution in [0.5, 0.6) is 0 Å². The van der Waals surface area contributed by atoms with Crippen LogP contribution in [0.25, 0.3) is 0 Å². The Hall–Kier alpha value is -0.810. The van der Waals surface area contributed by atoms with E-state index in [0.717, 1.165) is 0 Å². The topological polar surface area (TPSA) is 94.8 Å². The zero-order chi connectivity index (χ0) is 9.07. The molecule has 0 spiro atoms. The molecule has 6 heteroatoms. The van der Waals surface area contributed by atoms with E-state index in [2.05, 4.69) is 0 Å². The summed E-state index contributed by atoms with van der Waals surface area (Å²) in [5.74, 6) is -2.84. The maximum atomic E-state index is 10.1. The van der Waals surface area contributed by atoms with E-state index in [0.29, 0.717) is 0 Å². The normalized spacial score (nSPS) is 15.5. The van der Waals surface area contributed by atoms with Crippen LogP contribution in [-0.2, 0) is 9.59 Å². The van der Waals surface area contributed by atoms with Crippen molar-refractivity contribution < 1.29 is 24.9 Å². The van der Waals surface area contributed by atoms with Gasteiger partial charge in [-0.1, -0.05) is 11.6 Å². The second-order valence-electron chi connectivity index (χ2n) is 1.96. The number of carboxylic acid groups (broad SMARTS) is 2. The Morgan fingerprint density at radius 1 is 1.36 bits per heavy atom. The lowest BCUT2D eigenvalue weighted by atomic mass is 10.2. The molecule has 64 valence electrons. The standard InChI is InChI=1S/C5H7ClO5/c6-5(11,4(9)10)2-1-3(7)8/h11H,1-2H2,(H,7,8)(H,9,10). The molecule has 1 atom stereocenters. The number of aliphatic carboxylic acids is 2. The minimum absolute atomic E-state index is 0.480. The van der Waals surface area contributed by atoms with Gasteiger partial charge in [0.25, 0.3) is 0 Å². The van der Waals surface area contributed by atoms with Crippen molar-refractivity contribution in [2.24, 2.45) is 0 Å². The van der Waals surface area contributed by atoms with Crippen molar-refractivity contribution in [3.05, 3.63) is 0 Å². The Morgan fingerprint density at radius 2 is 1.82 bits per heavy atom. The Labute approximate surface area is 67.2 Å². The summed E-state index contributed by atoms with van der Waals surface area (Å²) in [5, 5.41) is 22.6. The highest BCUT2D eigenvalue weighted by Crippen LogP contribution is 2.17. The zero-order valence-corrected chi connectivity index (χ0v) is 6.21. The van der Waals surface area contributed by atoms with Crippen molar-refractivity contribution in [1.82, 2.24) is 0 Å². The minimum atomic E-state index is -2.46. The van der Waals surface area contributed by atoms with Crippen molar-refractivity contribution >= 4 is 23.5 Å². The van der Waals surface area contributed by atoms with Crippen molar-refractivity contribution in [3.8, 4) is 0 Å². The van der Waals surface area contributed by atoms with Gasteiger partial charge in [0.2, 0.25) is 5.06 Å². The molecule has 3 N–H and O–H groups in total. The quantitative estimate of drug-likeness (QED) is 0.526. The Balaban J connectivity index is 3.92. The van der Waals surface area contributed by atoms with Crippen molar-refractivity contribution in [1.29, 1.82) is 0 Å². The fourth-order valence-electron chi connectivity index (χ4n) is 0.380. The predicted molar refractivity (Wildman–Crippen MR) is 35.3 cm³/mol. The van der Waals surface area contributed by atoms with Crippen LogP contribution in [0, 0.1) is 0 Å². The molecule has 0 aromatic heterocycles. The van der Waals surface area contributed by atoms with Crippen LogP contribution < -0.4 is 0 Å². The van der Waals surface area contributed by atoms with Crippen LogP contribution in [0.4, 0.5) is 0 Å². The third kappa shape index (κ3) is 3.79. The van der Waals surface area contributed by atoms with E-state index >= 15 is 0 Å². The van der Waals surface area contributed by atoms with Crippen molar-refractivity contribution in [3.63, 3.8) is 0 Å². The van der Waals surface area contributed by atoms with Gasteiger partial charge in [-0.05, 0) is 0 Å². The van der Waals surface area contributed by atoms with E-state index in [9.17, 15) is 9.59 Å². The molecule has 0 rings (SSSR count). The summed E-state index contributed by atoms with van der Waals surface area (Å²) in [6, 6.07) is 0. The number of carbonyl (C=O) groups is 2. The zero-order valence-electron chi connectivity index (χ0n) is 5.45. The van der Waals surface area contributed by atoms with E-state index in [1.54, 1.807) is 0 Å². The Bertz CT molecular complexity index is 176. The summed E-state index contributed by atoms with van der Waals surface area (Å²) in [4.78, 5) is 20.0. The van der Waals surface area contributed by atoms with Crippen LogP contribution in [0.2, 0.25) is 0 Å². The number of halogens is 1. The lowest BCUT2D eigenvalue weighted by molar-refractivity contribution is -0.151. The van der Waals surface area contributed by atoms with E-state index < -0.39 is 29.8 Å². The number of rotatable bonds is 4. The highest BCUT2D eigenvalue weighted by molar-refractivity contribution is 6.32. The second-order valence-corrected chi connectivity index (χ2v) is 2.58. The van der Waals surface area contributed by atoms with Crippen LogP contribution in [-0.4, -0.2) is 32.3 Å². The summed E-state index contributed by atoms with van der Waals surface area (Å²) < 4.78 is 0. The maximum absolute atomic E-state index is 10.1. The average molecular weight is 183 g/mol. The number of carboxylic acids is 2. The summed E-state index contributed by atoms with van der Waals surface area (Å²) >= 11 is 5.01. The fraction of sp³-hybridized carbons (Fsp3) is 0.600. The number of alkyl halides is 1. The predicted octanol–water partition coefficient (Wildman–Crippen LogP) is -0.137. The molecule has 1 unspecified atom stereocenters. The molecule has 0 aliphatic carbocycles. The molecular formula is C5H7ClO5. The first-order chi connectivity index (χ1) is 4.86. The van der Waals surface area contributed by atoms with Gasteiger partial charge in [0.1, 0.15) is 0 Å². The number of hydrogen-bond acceptors (Lipinski definition) is 3. The summed E-state index contributed by atoms with van der Waals surface area (Å²) in [7, 11) is 0. The highest BCUT2D eigenvalue weighted by Gasteiger charge is 2.33. The molecule has 0 radical (unpaired) electrons. The summed E-state index contributed by atoms with van der Waals surface area (Å²) in [6.45, 7) is 0. The van der Waals surface area contributed by atoms with Crippen LogP contribution in [0.15, 0.2) is 0 Å². The molecule has 0 bridgehead atoms. The fourth-order valence-corrected chi connectivity index (χ4v) is 0.474. The van der Waals surface area contributed by atoms with Gasteiger partial charge >= 0.3 is 11.9 Å². The van der Waals surface area contributed by atoms with Gasteiger partial charge in [-0.2, -0.15) is 0 Å². The van der Waals surface area contributed by atoms with Gasteiger partial charge in [-0.15, -0.1) is 0 Å².